The van der Waals surface area contributed by atoms with Gasteiger partial charge in [-0.15, -0.1) is 0 Å². The van der Waals surface area contributed by atoms with Gasteiger partial charge in [-0.25, -0.2) is 0 Å². The molecule has 0 amide bonds. The Balaban J connectivity index is 1.37. The summed E-state index contributed by atoms with van der Waals surface area (Å²) in [5.41, 5.74) is 1.13. The van der Waals surface area contributed by atoms with Crippen LogP contribution in [0.15, 0.2) is 48.5 Å². The van der Waals surface area contributed by atoms with Crippen LogP contribution in [0.3, 0.4) is 0 Å². The topological polar surface area (TPSA) is 63.8 Å². The predicted octanol–water partition coefficient (Wildman–Crippen LogP) is 3.40. The first-order valence-electron chi connectivity index (χ1n) is 9.26. The first-order valence-corrected chi connectivity index (χ1v) is 9.26. The molecule has 2 unspecified atom stereocenters. The standard InChI is InChI=1S/C21H23NO5/c1-2-21(23)27-18-9-7-17(8-10-18)26-16-5-3-15(4-6-16)22(11-19-13-24-19)12-20-14-25-20/h3-10,19-20H,2,11-14H2,1H3. The first kappa shape index (κ1) is 17.8. The molecule has 0 bridgehead atoms. The number of ether oxygens (including phenoxy) is 4. The molecule has 0 N–H and O–H groups in total. The molecule has 0 spiro atoms. The molecule has 2 aliphatic heterocycles. The van der Waals surface area contributed by atoms with Gasteiger partial charge in [-0.1, -0.05) is 6.92 Å². The predicted molar refractivity (Wildman–Crippen MR) is 101 cm³/mol. The first-order chi connectivity index (χ1) is 13.2. The Morgan fingerprint density at radius 3 is 1.89 bits per heavy atom. The Morgan fingerprint density at radius 1 is 0.926 bits per heavy atom. The van der Waals surface area contributed by atoms with Gasteiger partial charge in [0.25, 0.3) is 0 Å². The van der Waals surface area contributed by atoms with Gasteiger partial charge in [0.2, 0.25) is 0 Å². The normalized spacial score (nSPS) is 20.0. The van der Waals surface area contributed by atoms with Crippen molar-refractivity contribution in [1.82, 2.24) is 0 Å². The van der Waals surface area contributed by atoms with Crippen LogP contribution < -0.4 is 14.4 Å². The highest BCUT2D eigenvalue weighted by Crippen LogP contribution is 2.28. The van der Waals surface area contributed by atoms with Crippen LogP contribution in [-0.2, 0) is 14.3 Å². The van der Waals surface area contributed by atoms with Crippen molar-refractivity contribution >= 4 is 11.7 Å². The molecule has 2 aliphatic rings. The third kappa shape index (κ3) is 5.21. The number of nitrogens with zero attached hydrogens (tertiary/aromatic N) is 1. The molecule has 142 valence electrons. The van der Waals surface area contributed by atoms with Gasteiger partial charge in [-0.05, 0) is 48.5 Å². The van der Waals surface area contributed by atoms with Gasteiger partial charge in [-0.3, -0.25) is 4.79 Å². The summed E-state index contributed by atoms with van der Waals surface area (Å²) in [6.07, 6.45) is 1.02. The number of hydrogen-bond donors (Lipinski definition) is 0. The summed E-state index contributed by atoms with van der Waals surface area (Å²) in [5.74, 6) is 1.71. The molecule has 2 saturated heterocycles. The molecule has 2 fully saturated rings. The van der Waals surface area contributed by atoms with Crippen LogP contribution in [0.4, 0.5) is 5.69 Å². The number of rotatable bonds is 9. The van der Waals surface area contributed by atoms with E-state index in [2.05, 4.69) is 17.0 Å². The summed E-state index contributed by atoms with van der Waals surface area (Å²) >= 11 is 0. The zero-order valence-electron chi connectivity index (χ0n) is 15.3. The minimum Gasteiger partial charge on any atom is -0.457 e. The van der Waals surface area contributed by atoms with Crippen LogP contribution in [0.25, 0.3) is 0 Å². The van der Waals surface area contributed by atoms with Crippen molar-refractivity contribution < 1.29 is 23.7 Å². The average Bonchev–Trinajstić information content (AvgIpc) is 3.60. The quantitative estimate of drug-likeness (QED) is 0.383. The number of benzene rings is 2. The molecule has 2 aromatic carbocycles. The van der Waals surface area contributed by atoms with E-state index in [4.69, 9.17) is 18.9 Å². The van der Waals surface area contributed by atoms with Crippen molar-refractivity contribution in [3.63, 3.8) is 0 Å². The van der Waals surface area contributed by atoms with E-state index in [1.807, 2.05) is 12.1 Å². The number of carbonyl (C=O) groups excluding carboxylic acids is 1. The maximum absolute atomic E-state index is 11.3. The molecule has 27 heavy (non-hydrogen) atoms. The van der Waals surface area contributed by atoms with Gasteiger partial charge in [0.1, 0.15) is 17.2 Å². The minimum atomic E-state index is -0.253. The molecule has 2 aromatic rings. The molecule has 0 saturated carbocycles. The highest BCUT2D eigenvalue weighted by molar-refractivity contribution is 5.71. The van der Waals surface area contributed by atoms with E-state index in [1.54, 1.807) is 31.2 Å². The fourth-order valence-electron chi connectivity index (χ4n) is 2.76. The van der Waals surface area contributed by atoms with Crippen molar-refractivity contribution in [3.05, 3.63) is 48.5 Å². The van der Waals surface area contributed by atoms with Gasteiger partial charge in [0, 0.05) is 25.2 Å². The largest absolute Gasteiger partial charge is 0.457 e. The molecule has 2 atom stereocenters. The number of anilines is 1. The lowest BCUT2D eigenvalue weighted by atomic mass is 10.2. The van der Waals surface area contributed by atoms with E-state index in [-0.39, 0.29) is 5.97 Å². The molecule has 0 radical (unpaired) electrons. The summed E-state index contributed by atoms with van der Waals surface area (Å²) in [6, 6.07) is 15.0. The lowest BCUT2D eigenvalue weighted by Crippen LogP contribution is -2.31. The second kappa shape index (κ2) is 7.98. The molecular formula is C21H23NO5. The Labute approximate surface area is 158 Å². The maximum atomic E-state index is 11.3. The number of esters is 1. The van der Waals surface area contributed by atoms with Gasteiger partial charge in [0.05, 0.1) is 25.4 Å². The highest BCUT2D eigenvalue weighted by Gasteiger charge is 2.30. The SMILES string of the molecule is CCC(=O)Oc1ccc(Oc2ccc(N(CC3CO3)CC3CO3)cc2)cc1. The second-order valence-corrected chi connectivity index (χ2v) is 6.71. The van der Waals surface area contributed by atoms with E-state index >= 15 is 0 Å². The summed E-state index contributed by atoms with van der Waals surface area (Å²) in [6.45, 7) is 5.22. The molecule has 0 aromatic heterocycles. The maximum Gasteiger partial charge on any atom is 0.310 e. The van der Waals surface area contributed by atoms with Crippen molar-refractivity contribution in [2.45, 2.75) is 25.6 Å². The summed E-state index contributed by atoms with van der Waals surface area (Å²) in [7, 11) is 0. The molecule has 6 heteroatoms. The monoisotopic (exact) mass is 369 g/mol. The zero-order valence-corrected chi connectivity index (χ0v) is 15.3. The summed E-state index contributed by atoms with van der Waals surface area (Å²) in [5, 5.41) is 0. The van der Waals surface area contributed by atoms with Crippen LogP contribution in [-0.4, -0.2) is 44.5 Å². The van der Waals surface area contributed by atoms with E-state index < -0.39 is 0 Å². The lowest BCUT2D eigenvalue weighted by Gasteiger charge is -2.23. The molecular weight excluding hydrogens is 346 g/mol. The number of carbonyl (C=O) groups is 1. The third-order valence-electron chi connectivity index (χ3n) is 4.43. The van der Waals surface area contributed by atoms with Crippen molar-refractivity contribution in [1.29, 1.82) is 0 Å². The van der Waals surface area contributed by atoms with Crippen molar-refractivity contribution in [2.75, 3.05) is 31.2 Å². The number of epoxide rings is 2. The van der Waals surface area contributed by atoms with E-state index in [0.717, 1.165) is 37.7 Å². The van der Waals surface area contributed by atoms with Crippen LogP contribution >= 0.6 is 0 Å². The van der Waals surface area contributed by atoms with Crippen LogP contribution in [0, 0.1) is 0 Å². The summed E-state index contributed by atoms with van der Waals surface area (Å²) < 4.78 is 21.8. The Kier molecular flexibility index (Phi) is 5.27. The summed E-state index contributed by atoms with van der Waals surface area (Å²) in [4.78, 5) is 13.6. The smallest absolute Gasteiger partial charge is 0.310 e. The van der Waals surface area contributed by atoms with Crippen molar-refractivity contribution in [3.8, 4) is 17.2 Å². The Hall–Kier alpha value is -2.57. The fourth-order valence-corrected chi connectivity index (χ4v) is 2.76. The molecule has 6 nitrogen and oxygen atoms in total. The van der Waals surface area contributed by atoms with Crippen LogP contribution in [0.1, 0.15) is 13.3 Å². The minimum absolute atomic E-state index is 0.253. The van der Waals surface area contributed by atoms with E-state index in [1.165, 1.54) is 0 Å². The molecule has 0 aliphatic carbocycles. The second-order valence-electron chi connectivity index (χ2n) is 6.71. The van der Waals surface area contributed by atoms with Gasteiger partial charge in [-0.2, -0.15) is 0 Å². The van der Waals surface area contributed by atoms with Crippen LogP contribution in [0.2, 0.25) is 0 Å². The average molecular weight is 369 g/mol. The van der Waals surface area contributed by atoms with E-state index in [9.17, 15) is 4.79 Å². The van der Waals surface area contributed by atoms with Gasteiger partial charge >= 0.3 is 5.97 Å². The molecule has 2 heterocycles. The Morgan fingerprint density at radius 2 is 1.41 bits per heavy atom. The highest BCUT2D eigenvalue weighted by atomic mass is 16.6. The van der Waals surface area contributed by atoms with Gasteiger partial charge < -0.3 is 23.8 Å². The van der Waals surface area contributed by atoms with E-state index in [0.29, 0.717) is 30.1 Å². The molecule has 4 rings (SSSR count). The Bertz CT molecular complexity index is 752. The zero-order chi connectivity index (χ0) is 18.6. The van der Waals surface area contributed by atoms with Crippen molar-refractivity contribution in [2.24, 2.45) is 0 Å². The fraction of sp³-hybridized carbons (Fsp3) is 0.381. The third-order valence-corrected chi connectivity index (χ3v) is 4.43. The number of hydrogen-bond acceptors (Lipinski definition) is 6. The lowest BCUT2D eigenvalue weighted by molar-refractivity contribution is -0.134. The van der Waals surface area contributed by atoms with Crippen LogP contribution in [0.5, 0.6) is 17.2 Å². The van der Waals surface area contributed by atoms with Gasteiger partial charge in [0.15, 0.2) is 0 Å².